The largest absolute Gasteiger partial charge is 0.299 e. The molecule has 0 bridgehead atoms. The summed E-state index contributed by atoms with van der Waals surface area (Å²) in [5, 5.41) is 0. The van der Waals surface area contributed by atoms with E-state index in [1.807, 2.05) is 11.7 Å². The zero-order valence-electron chi connectivity index (χ0n) is 17.2. The van der Waals surface area contributed by atoms with Gasteiger partial charge in [-0.2, -0.15) is 0 Å². The van der Waals surface area contributed by atoms with Crippen LogP contribution < -0.4 is 0 Å². The van der Waals surface area contributed by atoms with Gasteiger partial charge in [0.2, 0.25) is 0 Å². The molecule has 0 amide bonds. The Morgan fingerprint density at radius 1 is 0.625 bits per heavy atom. The lowest BCUT2D eigenvalue weighted by Crippen LogP contribution is -2.02. The average molecular weight is 430 g/mol. The Hall–Kier alpha value is -4.02. The molecule has 0 aliphatic rings. The Kier molecular flexibility index (Phi) is 4.63. The van der Waals surface area contributed by atoms with Crippen molar-refractivity contribution in [1.82, 2.24) is 14.5 Å². The molecule has 0 saturated carbocycles. The van der Waals surface area contributed by atoms with E-state index in [1.54, 1.807) is 11.3 Å². The zero-order chi connectivity index (χ0) is 21.3. The average Bonchev–Trinajstić information content (AvgIpc) is 3.54. The monoisotopic (exact) mass is 429 g/mol. The Bertz CT molecular complexity index is 1460. The Balaban J connectivity index is 1.63. The van der Waals surface area contributed by atoms with Crippen LogP contribution in [0.25, 0.3) is 49.5 Å². The van der Waals surface area contributed by atoms with Crippen LogP contribution in [-0.2, 0) is 0 Å². The molecule has 152 valence electrons. The van der Waals surface area contributed by atoms with Crippen LogP contribution in [0.15, 0.2) is 115 Å². The van der Waals surface area contributed by atoms with E-state index in [0.717, 1.165) is 27.3 Å². The van der Waals surface area contributed by atoms with Gasteiger partial charge in [-0.15, -0.1) is 11.3 Å². The van der Waals surface area contributed by atoms with Gasteiger partial charge in [0.25, 0.3) is 0 Å². The van der Waals surface area contributed by atoms with Gasteiger partial charge in [0.1, 0.15) is 5.82 Å². The van der Waals surface area contributed by atoms with Crippen molar-refractivity contribution in [3.8, 4) is 39.3 Å². The minimum Gasteiger partial charge on any atom is -0.299 e. The first-order valence-electron chi connectivity index (χ1n) is 10.5. The van der Waals surface area contributed by atoms with Crippen LogP contribution in [-0.4, -0.2) is 14.5 Å². The summed E-state index contributed by atoms with van der Waals surface area (Å²) < 4.78 is 3.38. The van der Waals surface area contributed by atoms with E-state index in [0.29, 0.717) is 0 Å². The van der Waals surface area contributed by atoms with E-state index in [2.05, 4.69) is 113 Å². The lowest BCUT2D eigenvalue weighted by molar-refractivity contribution is 1.07. The second kappa shape index (κ2) is 7.91. The van der Waals surface area contributed by atoms with Crippen LogP contribution in [0.5, 0.6) is 0 Å². The van der Waals surface area contributed by atoms with Crippen LogP contribution in [0.3, 0.4) is 0 Å². The molecule has 0 atom stereocenters. The van der Waals surface area contributed by atoms with E-state index in [9.17, 15) is 0 Å². The summed E-state index contributed by atoms with van der Waals surface area (Å²) in [6.45, 7) is 0. The molecule has 0 aliphatic heterocycles. The predicted octanol–water partition coefficient (Wildman–Crippen LogP) is 7.48. The number of imidazole rings is 1. The second-order valence-electron chi connectivity index (χ2n) is 7.59. The summed E-state index contributed by atoms with van der Waals surface area (Å²) in [6, 6.07) is 33.9. The molecule has 32 heavy (non-hydrogen) atoms. The number of thiazole rings is 1. The van der Waals surface area contributed by atoms with Gasteiger partial charge in [0.15, 0.2) is 0 Å². The number of aromatic nitrogens is 3. The summed E-state index contributed by atoms with van der Waals surface area (Å²) in [5.41, 5.74) is 9.81. The summed E-state index contributed by atoms with van der Waals surface area (Å²) in [7, 11) is 0. The van der Waals surface area contributed by atoms with Crippen molar-refractivity contribution in [2.45, 2.75) is 0 Å². The van der Waals surface area contributed by atoms with Gasteiger partial charge in [-0.25, -0.2) is 9.97 Å². The lowest BCUT2D eigenvalue weighted by atomic mass is 9.95. The van der Waals surface area contributed by atoms with Crippen LogP contribution in [0.2, 0.25) is 0 Å². The van der Waals surface area contributed by atoms with E-state index >= 15 is 0 Å². The third-order valence-corrected chi connectivity index (χ3v) is 6.47. The molecule has 4 heteroatoms. The molecule has 0 saturated heterocycles. The number of hydrogen-bond donors (Lipinski definition) is 0. The summed E-state index contributed by atoms with van der Waals surface area (Å²) in [4.78, 5) is 9.19. The quantitative estimate of drug-likeness (QED) is 0.291. The highest BCUT2D eigenvalue weighted by molar-refractivity contribution is 7.16. The highest BCUT2D eigenvalue weighted by Crippen LogP contribution is 2.38. The van der Waals surface area contributed by atoms with Crippen molar-refractivity contribution in [3.63, 3.8) is 0 Å². The molecule has 6 rings (SSSR count). The summed E-state index contributed by atoms with van der Waals surface area (Å²) in [5.74, 6) is 0.917. The fourth-order valence-electron chi connectivity index (χ4n) is 4.20. The Labute approximate surface area is 190 Å². The van der Waals surface area contributed by atoms with Crippen LogP contribution in [0.1, 0.15) is 0 Å². The van der Waals surface area contributed by atoms with Gasteiger partial charge in [0.05, 0.1) is 21.4 Å². The molecule has 4 aromatic carbocycles. The molecule has 2 heterocycles. The normalized spacial score (nSPS) is 11.1. The highest BCUT2D eigenvalue weighted by atomic mass is 32.1. The van der Waals surface area contributed by atoms with E-state index in [-0.39, 0.29) is 0 Å². The molecule has 0 aliphatic carbocycles. The minimum atomic E-state index is 0.917. The molecule has 0 N–H and O–H groups in total. The van der Waals surface area contributed by atoms with E-state index in [1.165, 1.54) is 22.3 Å². The molecule has 3 nitrogen and oxygen atoms in total. The van der Waals surface area contributed by atoms with Gasteiger partial charge in [-0.05, 0) is 29.3 Å². The van der Waals surface area contributed by atoms with Crippen molar-refractivity contribution in [1.29, 1.82) is 0 Å². The third kappa shape index (κ3) is 3.22. The zero-order valence-corrected chi connectivity index (χ0v) is 18.0. The molecule has 2 aromatic heterocycles. The van der Waals surface area contributed by atoms with E-state index < -0.39 is 0 Å². The molecule has 0 radical (unpaired) electrons. The van der Waals surface area contributed by atoms with Crippen LogP contribution in [0.4, 0.5) is 0 Å². The van der Waals surface area contributed by atoms with Crippen molar-refractivity contribution in [2.24, 2.45) is 0 Å². The molecule has 6 aromatic rings. The fourth-order valence-corrected chi connectivity index (χ4v) is 4.91. The Morgan fingerprint density at radius 2 is 1.31 bits per heavy atom. The van der Waals surface area contributed by atoms with E-state index in [4.69, 9.17) is 4.98 Å². The third-order valence-electron chi connectivity index (χ3n) is 5.68. The maximum Gasteiger partial charge on any atom is 0.144 e. The molecular formula is C28H19N3S. The molecule has 0 unspecified atom stereocenters. The number of fused-ring (bicyclic) bond motifs is 1. The first-order valence-corrected chi connectivity index (χ1v) is 11.4. The van der Waals surface area contributed by atoms with Gasteiger partial charge in [-0.3, -0.25) is 4.57 Å². The number of nitrogens with zero attached hydrogens (tertiary/aromatic N) is 3. The first kappa shape index (κ1) is 18.7. The number of benzene rings is 4. The molecule has 0 fully saturated rings. The maximum atomic E-state index is 4.77. The second-order valence-corrected chi connectivity index (χ2v) is 8.48. The van der Waals surface area contributed by atoms with Gasteiger partial charge in [0, 0.05) is 29.1 Å². The SMILES string of the molecule is c1ccc(-c2cccc(-c3ccccc3)c2-n2ccnc2-c2ccc3ncsc3c2)cc1. The fraction of sp³-hybridized carbons (Fsp3) is 0. The van der Waals surface area contributed by atoms with Crippen molar-refractivity contribution in [2.75, 3.05) is 0 Å². The van der Waals surface area contributed by atoms with Gasteiger partial charge >= 0.3 is 0 Å². The summed E-state index contributed by atoms with van der Waals surface area (Å²) in [6.07, 6.45) is 3.93. The van der Waals surface area contributed by atoms with Crippen molar-refractivity contribution < 1.29 is 0 Å². The van der Waals surface area contributed by atoms with Crippen LogP contribution >= 0.6 is 11.3 Å². The molecule has 0 spiro atoms. The number of rotatable bonds is 4. The minimum absolute atomic E-state index is 0.917. The highest BCUT2D eigenvalue weighted by Gasteiger charge is 2.17. The van der Waals surface area contributed by atoms with Crippen LogP contribution in [0, 0.1) is 0 Å². The molecular weight excluding hydrogens is 410 g/mol. The lowest BCUT2D eigenvalue weighted by Gasteiger charge is -2.18. The summed E-state index contributed by atoms with van der Waals surface area (Å²) >= 11 is 1.65. The topological polar surface area (TPSA) is 30.7 Å². The van der Waals surface area contributed by atoms with Gasteiger partial charge in [-0.1, -0.05) is 78.9 Å². The van der Waals surface area contributed by atoms with Gasteiger partial charge < -0.3 is 0 Å². The standard InChI is InChI=1S/C28H19N3S/c1-3-8-20(9-4-1)23-12-7-13-24(21-10-5-2-6-11-21)27(23)31-17-16-29-28(31)22-14-15-25-26(18-22)32-19-30-25/h1-19H. The smallest absolute Gasteiger partial charge is 0.144 e. The van der Waals surface area contributed by atoms with Crippen molar-refractivity contribution in [3.05, 3.63) is 115 Å². The first-order chi connectivity index (χ1) is 15.9. The number of para-hydroxylation sites is 1. The number of hydrogen-bond acceptors (Lipinski definition) is 3. The predicted molar refractivity (Wildman–Crippen MR) is 133 cm³/mol. The maximum absolute atomic E-state index is 4.77. The Morgan fingerprint density at radius 3 is 2.00 bits per heavy atom. The van der Waals surface area contributed by atoms with Crippen molar-refractivity contribution >= 4 is 21.6 Å².